The van der Waals surface area contributed by atoms with Crippen LogP contribution in [-0.4, -0.2) is 92.5 Å². The van der Waals surface area contributed by atoms with E-state index in [0.29, 0.717) is 34.7 Å². The average Bonchev–Trinajstić information content (AvgIpc) is 4.05. The van der Waals surface area contributed by atoms with Crippen molar-refractivity contribution in [2.75, 3.05) is 38.1 Å². The summed E-state index contributed by atoms with van der Waals surface area (Å²) in [6, 6.07) is 25.4. The average molecular weight is 1040 g/mol. The molecule has 0 radical (unpaired) electrons. The maximum absolute atomic E-state index is 14.2. The third-order valence-electron chi connectivity index (χ3n) is 13.6. The molecule has 1 amide bonds. The number of nitrogens with one attached hydrogen (secondary N) is 2. The molecule has 3 N–H and O–H groups in total. The summed E-state index contributed by atoms with van der Waals surface area (Å²) in [5.74, 6) is -1.42. The van der Waals surface area contributed by atoms with Gasteiger partial charge in [-0.05, 0) is 129 Å². The second kappa shape index (κ2) is 22.8. The van der Waals surface area contributed by atoms with E-state index in [0.717, 1.165) is 60.7 Å². The number of piperidine rings is 3. The van der Waals surface area contributed by atoms with E-state index in [1.165, 1.54) is 54.9 Å². The van der Waals surface area contributed by atoms with Gasteiger partial charge in [-0.3, -0.25) is 19.3 Å². The molecule has 5 heterocycles. The number of aromatic nitrogens is 1. The number of carbonyl (C=O) groups is 3. The molecule has 4 saturated heterocycles. The highest BCUT2D eigenvalue weighted by Gasteiger charge is 2.42. The molecule has 376 valence electrons. The van der Waals surface area contributed by atoms with Crippen LogP contribution in [0.4, 0.5) is 14.5 Å². The highest BCUT2D eigenvalue weighted by molar-refractivity contribution is 7.89. The van der Waals surface area contributed by atoms with Gasteiger partial charge < -0.3 is 29.7 Å². The Hall–Kier alpha value is -5.69. The molecule has 1 aromatic heterocycles. The van der Waals surface area contributed by atoms with Gasteiger partial charge in [-0.1, -0.05) is 71.7 Å². The molecule has 19 heteroatoms. The number of ether oxygens (including phenoxy) is 4. The van der Waals surface area contributed by atoms with Gasteiger partial charge in [-0.15, -0.1) is 0 Å². The zero-order chi connectivity index (χ0) is 48.9. The monoisotopic (exact) mass is 1030 g/mol. The summed E-state index contributed by atoms with van der Waals surface area (Å²) >= 11 is 13.1. The first kappa shape index (κ1) is 51.7. The summed E-state index contributed by atoms with van der Waals surface area (Å²) in [5, 5.41) is 3.35. The molecule has 1 saturated carbocycles. The molecule has 2 bridgehead atoms. The Kier molecular flexibility index (Phi) is 16.6. The second-order valence-corrected chi connectivity index (χ2v) is 21.0. The van der Waals surface area contributed by atoms with Crippen LogP contribution in [0.2, 0.25) is 10.0 Å². The molecule has 5 aromatic rings. The van der Waals surface area contributed by atoms with Gasteiger partial charge in [-0.2, -0.15) is 13.1 Å². The SMILES string of the molecule is O=C(C[C@@H](c1ccccc1)c1cccc(C(=O)Nc2ccc(S(=O)(=O)N3CCC[C@H]3C(=O)O[C@@H](Cc3c(Cl)c[nH+]cc3Cl)c3ccc(OC(F)F)c(OCC4CC4)c3)cc2)c1)O[C@H]1CN2CCC1CC2.[OH-]. The molecule has 71 heavy (non-hydrogen) atoms. The molecule has 4 atom stereocenters. The van der Waals surface area contributed by atoms with Crippen molar-refractivity contribution in [2.24, 2.45) is 11.8 Å². The number of hydrogen-bond donors (Lipinski definition) is 1. The van der Waals surface area contributed by atoms with E-state index in [1.807, 2.05) is 36.4 Å². The van der Waals surface area contributed by atoms with E-state index >= 15 is 0 Å². The molecular formula is C52H54Cl2F2N4O10S. The number of alkyl halides is 2. The van der Waals surface area contributed by atoms with Crippen LogP contribution in [0.1, 0.15) is 89.6 Å². The van der Waals surface area contributed by atoms with Crippen molar-refractivity contribution in [3.63, 3.8) is 0 Å². The molecule has 10 rings (SSSR count). The van der Waals surface area contributed by atoms with Gasteiger partial charge in [0.25, 0.3) is 5.91 Å². The number of rotatable bonds is 19. The minimum atomic E-state index is -4.27. The Morgan fingerprint density at radius 1 is 0.803 bits per heavy atom. The summed E-state index contributed by atoms with van der Waals surface area (Å²) in [7, 11) is -4.27. The largest absolute Gasteiger partial charge is 0.870 e. The number of nitrogens with zero attached hydrogens (tertiary/aromatic N) is 2. The number of sulfonamides is 1. The van der Waals surface area contributed by atoms with E-state index in [2.05, 4.69) is 15.2 Å². The number of pyridine rings is 1. The predicted molar refractivity (Wildman–Crippen MR) is 258 cm³/mol. The zero-order valence-corrected chi connectivity index (χ0v) is 40.9. The third kappa shape index (κ3) is 12.5. The zero-order valence-electron chi connectivity index (χ0n) is 38.6. The van der Waals surface area contributed by atoms with Crippen molar-refractivity contribution in [1.29, 1.82) is 0 Å². The lowest BCUT2D eigenvalue weighted by atomic mass is 9.85. The quantitative estimate of drug-likeness (QED) is 0.0778. The van der Waals surface area contributed by atoms with E-state index < -0.39 is 40.7 Å². The maximum Gasteiger partial charge on any atom is 0.387 e. The van der Waals surface area contributed by atoms with Gasteiger partial charge in [0.05, 0.1) is 17.9 Å². The summed E-state index contributed by atoms with van der Waals surface area (Å²) in [6.45, 7) is 0.0370. The standard InChI is InChI=1S/C52H52Cl2F2N4O9S.H2O/c53-42-28-57-29-43(54)41(42)26-46(36-13-18-45(69-52(55)56)47(25-36)66-31-32-11-12-32)68-51(63)44-10-5-21-60(44)70(64,65)39-16-14-38(15-17-39)58-50(62)37-9-4-8-35(24-37)40(33-6-2-1-3-7-33)27-49(61)67-48-30-59-22-19-34(48)20-23-59;/h1-4,6-9,13-18,24-25,28-29,32,34,40,44,46,48,52H,5,10-12,19-23,26-27,30-31H2,(H,58,62);1H2/t40-,44-,46-,48-;/m0./s1. The molecule has 1 aliphatic carbocycles. The summed E-state index contributed by atoms with van der Waals surface area (Å²) in [4.78, 5) is 46.5. The number of carbonyl (C=O) groups excluding carboxylic acids is 3. The van der Waals surface area contributed by atoms with Crippen molar-refractivity contribution >= 4 is 56.8 Å². The fraction of sp³-hybridized carbons (Fsp3) is 0.385. The molecule has 0 spiro atoms. The van der Waals surface area contributed by atoms with Gasteiger partial charge in [0.15, 0.2) is 23.9 Å². The minimum Gasteiger partial charge on any atom is -0.870 e. The fourth-order valence-electron chi connectivity index (χ4n) is 9.58. The number of H-pyrrole nitrogens is 1. The number of aromatic amines is 1. The first-order valence-corrected chi connectivity index (χ1v) is 25.7. The van der Waals surface area contributed by atoms with Crippen LogP contribution in [0.15, 0.2) is 114 Å². The highest BCUT2D eigenvalue weighted by atomic mass is 35.5. The Balaban J connectivity index is 0.00000676. The van der Waals surface area contributed by atoms with Crippen LogP contribution in [0, 0.1) is 11.8 Å². The van der Waals surface area contributed by atoms with Crippen LogP contribution in [0.3, 0.4) is 0 Å². The van der Waals surface area contributed by atoms with Crippen LogP contribution in [0.25, 0.3) is 0 Å². The molecular weight excluding hydrogens is 982 g/mol. The lowest BCUT2D eigenvalue weighted by molar-refractivity contribution is -0.377. The van der Waals surface area contributed by atoms with Crippen molar-refractivity contribution < 1.29 is 61.0 Å². The topological polar surface area (TPSA) is 185 Å². The minimum absolute atomic E-state index is 0. The van der Waals surface area contributed by atoms with Gasteiger partial charge in [0.2, 0.25) is 10.0 Å². The van der Waals surface area contributed by atoms with Gasteiger partial charge >= 0.3 is 18.6 Å². The fourth-order valence-corrected chi connectivity index (χ4v) is 11.8. The molecule has 4 aromatic carbocycles. The van der Waals surface area contributed by atoms with Crippen molar-refractivity contribution in [3.05, 3.63) is 147 Å². The molecule has 5 fully saturated rings. The lowest BCUT2D eigenvalue weighted by Gasteiger charge is -2.44. The smallest absolute Gasteiger partial charge is 0.387 e. The number of halogens is 4. The summed E-state index contributed by atoms with van der Waals surface area (Å²) < 4.78 is 79.2. The number of anilines is 1. The number of amides is 1. The van der Waals surface area contributed by atoms with Crippen molar-refractivity contribution in [3.8, 4) is 11.5 Å². The van der Waals surface area contributed by atoms with Crippen LogP contribution in [0.5, 0.6) is 11.5 Å². The molecule has 5 aliphatic rings. The number of hydrogen-bond acceptors (Lipinski definition) is 11. The third-order valence-corrected chi connectivity index (χ3v) is 16.2. The predicted octanol–water partition coefficient (Wildman–Crippen LogP) is 9.11. The first-order valence-electron chi connectivity index (χ1n) is 23.5. The Morgan fingerprint density at radius 3 is 2.20 bits per heavy atom. The van der Waals surface area contributed by atoms with E-state index in [4.69, 9.17) is 42.1 Å². The second-order valence-electron chi connectivity index (χ2n) is 18.3. The van der Waals surface area contributed by atoms with E-state index in [-0.39, 0.29) is 88.2 Å². The Bertz CT molecular complexity index is 2780. The summed E-state index contributed by atoms with van der Waals surface area (Å²) in [6.07, 6.45) is 6.32. The van der Waals surface area contributed by atoms with Crippen LogP contribution in [-0.2, 0) is 35.5 Å². The number of benzene rings is 4. The molecule has 0 unspecified atom stereocenters. The van der Waals surface area contributed by atoms with Crippen molar-refractivity contribution in [1.82, 2.24) is 9.21 Å². The van der Waals surface area contributed by atoms with E-state index in [9.17, 15) is 31.6 Å². The lowest BCUT2D eigenvalue weighted by Crippen LogP contribution is -2.52. The van der Waals surface area contributed by atoms with Crippen LogP contribution >= 0.6 is 23.2 Å². The van der Waals surface area contributed by atoms with Crippen LogP contribution < -0.4 is 19.8 Å². The molecule has 4 aliphatic heterocycles. The first-order chi connectivity index (χ1) is 33.8. The van der Waals surface area contributed by atoms with Gasteiger partial charge in [0.1, 0.15) is 28.3 Å². The number of esters is 2. The Morgan fingerprint density at radius 2 is 1.52 bits per heavy atom. The maximum atomic E-state index is 14.2. The highest BCUT2D eigenvalue weighted by Crippen LogP contribution is 2.39. The number of fused-ring (bicyclic) bond motifs is 3. The summed E-state index contributed by atoms with van der Waals surface area (Å²) in [5.41, 5.74) is 3.13. The van der Waals surface area contributed by atoms with Gasteiger partial charge in [0, 0.05) is 42.2 Å². The van der Waals surface area contributed by atoms with Gasteiger partial charge in [-0.25, -0.2) is 13.4 Å². The van der Waals surface area contributed by atoms with E-state index in [1.54, 1.807) is 18.2 Å². The van der Waals surface area contributed by atoms with Crippen molar-refractivity contribution in [2.45, 2.75) is 87.0 Å². The normalized spacial score (nSPS) is 20.6. The molecule has 14 nitrogen and oxygen atoms in total. The Labute approximate surface area is 420 Å².